The predicted octanol–water partition coefficient (Wildman–Crippen LogP) is 3.45. The monoisotopic (exact) mass is 418 g/mol. The number of amides is 1. The van der Waals surface area contributed by atoms with E-state index >= 15 is 0 Å². The molecular formula is C18H22ClF3N4O2. The summed E-state index contributed by atoms with van der Waals surface area (Å²) in [5, 5.41) is 7.40. The van der Waals surface area contributed by atoms with Crippen molar-refractivity contribution in [2.24, 2.45) is 5.73 Å². The smallest absolute Gasteiger partial charge is 0.394 e. The van der Waals surface area contributed by atoms with Crippen molar-refractivity contribution in [3.63, 3.8) is 0 Å². The topological polar surface area (TPSA) is 92.3 Å². The van der Waals surface area contributed by atoms with Crippen molar-refractivity contribution in [1.29, 1.82) is 5.41 Å². The van der Waals surface area contributed by atoms with Gasteiger partial charge in [0.15, 0.2) is 0 Å². The molecule has 0 aliphatic heterocycles. The van der Waals surface area contributed by atoms with Crippen LogP contribution in [0.25, 0.3) is 0 Å². The van der Waals surface area contributed by atoms with Crippen LogP contribution in [0.2, 0.25) is 5.02 Å². The van der Waals surface area contributed by atoms with E-state index in [1.54, 1.807) is 19.2 Å². The quantitative estimate of drug-likeness (QED) is 0.546. The molecule has 1 aliphatic carbocycles. The van der Waals surface area contributed by atoms with Crippen molar-refractivity contribution in [3.05, 3.63) is 40.8 Å². The molecule has 3 N–H and O–H groups in total. The van der Waals surface area contributed by atoms with E-state index < -0.39 is 23.5 Å². The van der Waals surface area contributed by atoms with Crippen molar-refractivity contribution in [1.82, 2.24) is 9.88 Å². The fourth-order valence-electron chi connectivity index (χ4n) is 3.12. The number of rotatable bonds is 6. The van der Waals surface area contributed by atoms with Crippen LogP contribution in [0.3, 0.4) is 0 Å². The highest BCUT2D eigenvalue weighted by Crippen LogP contribution is 2.28. The molecule has 1 heterocycles. The van der Waals surface area contributed by atoms with Crippen LogP contribution in [0, 0.1) is 5.41 Å². The Bertz CT molecular complexity index is 747. The number of allylic oxidation sites excluding steroid dienone is 1. The number of nitrogens with two attached hydrogens (primary N) is 1. The fraction of sp³-hybridized carbons (Fsp3) is 0.500. The lowest BCUT2D eigenvalue weighted by molar-refractivity contribution is -0.131. The summed E-state index contributed by atoms with van der Waals surface area (Å²) in [6.45, 7) is 0.00864. The molecule has 2 rings (SSSR count). The fourth-order valence-corrected chi connectivity index (χ4v) is 3.30. The van der Waals surface area contributed by atoms with E-state index in [0.29, 0.717) is 42.5 Å². The molecule has 0 saturated heterocycles. The molecule has 154 valence electrons. The van der Waals surface area contributed by atoms with E-state index in [4.69, 9.17) is 27.5 Å². The minimum atomic E-state index is -4.88. The molecule has 1 saturated carbocycles. The number of carbonyl (C=O) groups is 1. The summed E-state index contributed by atoms with van der Waals surface area (Å²) >= 11 is 6.13. The van der Waals surface area contributed by atoms with Gasteiger partial charge in [0.25, 0.3) is 5.91 Å². The minimum absolute atomic E-state index is 0.00864. The number of hydrogen-bond acceptors (Lipinski definition) is 5. The summed E-state index contributed by atoms with van der Waals surface area (Å²) in [5.41, 5.74) is 3.71. The van der Waals surface area contributed by atoms with Crippen molar-refractivity contribution < 1.29 is 22.7 Å². The lowest BCUT2D eigenvalue weighted by Gasteiger charge is -2.36. The molecule has 1 aromatic heterocycles. The molecule has 0 bridgehead atoms. The molecule has 6 nitrogen and oxygen atoms in total. The molecule has 1 aromatic rings. The van der Waals surface area contributed by atoms with Crippen molar-refractivity contribution in [2.45, 2.75) is 50.6 Å². The summed E-state index contributed by atoms with van der Waals surface area (Å²) < 4.78 is 43.2. The summed E-state index contributed by atoms with van der Waals surface area (Å²) in [5.74, 6) is -0.781. The minimum Gasteiger partial charge on any atom is -0.394 e. The summed E-state index contributed by atoms with van der Waals surface area (Å²) in [7, 11) is 1.62. The first-order chi connectivity index (χ1) is 13.1. The maximum absolute atomic E-state index is 12.8. The molecule has 0 aromatic carbocycles. The Balaban J connectivity index is 2.27. The number of ether oxygens (including phenoxy) is 1. The molecule has 10 heteroatoms. The molecule has 1 aliphatic rings. The first-order valence-corrected chi connectivity index (χ1v) is 9.07. The molecule has 0 spiro atoms. The van der Waals surface area contributed by atoms with E-state index in [9.17, 15) is 18.0 Å². The number of pyridine rings is 1. The Labute approximate surface area is 166 Å². The van der Waals surface area contributed by atoms with Crippen LogP contribution < -0.4 is 5.73 Å². The van der Waals surface area contributed by atoms with Gasteiger partial charge in [0.05, 0.1) is 29.1 Å². The number of nitrogens with one attached hydrogen (secondary N) is 1. The second-order valence-corrected chi connectivity index (χ2v) is 6.95. The average molecular weight is 419 g/mol. The van der Waals surface area contributed by atoms with Crippen molar-refractivity contribution in [2.75, 3.05) is 7.11 Å². The largest absolute Gasteiger partial charge is 0.432 e. The van der Waals surface area contributed by atoms with Gasteiger partial charge in [-0.25, -0.2) is 0 Å². The first-order valence-electron chi connectivity index (χ1n) is 8.69. The molecule has 0 unspecified atom stereocenters. The number of nitrogens with zero attached hydrogens (tertiary/aromatic N) is 2. The third-order valence-electron chi connectivity index (χ3n) is 4.69. The molecule has 0 radical (unpaired) electrons. The van der Waals surface area contributed by atoms with E-state index in [1.165, 1.54) is 11.1 Å². The van der Waals surface area contributed by atoms with Gasteiger partial charge >= 0.3 is 6.18 Å². The van der Waals surface area contributed by atoms with Crippen LogP contribution in [0.1, 0.15) is 31.4 Å². The number of methoxy groups -OCH3 is 1. The van der Waals surface area contributed by atoms with Gasteiger partial charge in [0.1, 0.15) is 5.71 Å². The SMILES string of the molecule is CO[C@H]1CC[C@H](N(Cc2ncccc2Cl)C(=O)/C(N)=C/C(=N)C(F)(F)F)CC1. The van der Waals surface area contributed by atoms with Crippen LogP contribution in [0.4, 0.5) is 13.2 Å². The van der Waals surface area contributed by atoms with Crippen molar-refractivity contribution in [3.8, 4) is 0 Å². The van der Waals surface area contributed by atoms with Crippen LogP contribution in [0.15, 0.2) is 30.1 Å². The number of aromatic nitrogens is 1. The lowest BCUT2D eigenvalue weighted by Crippen LogP contribution is -2.45. The third kappa shape index (κ3) is 5.68. The van der Waals surface area contributed by atoms with Gasteiger partial charge in [0, 0.05) is 19.3 Å². The number of carbonyl (C=O) groups excluding carboxylic acids is 1. The lowest BCUT2D eigenvalue weighted by atomic mass is 9.91. The van der Waals surface area contributed by atoms with Gasteiger partial charge in [0.2, 0.25) is 0 Å². The Hall–Kier alpha value is -2.13. The zero-order valence-electron chi connectivity index (χ0n) is 15.3. The average Bonchev–Trinajstić information content (AvgIpc) is 2.66. The van der Waals surface area contributed by atoms with E-state index in [2.05, 4.69) is 4.98 Å². The Morgan fingerprint density at radius 2 is 2.07 bits per heavy atom. The maximum Gasteiger partial charge on any atom is 0.432 e. The maximum atomic E-state index is 12.8. The van der Waals surface area contributed by atoms with Crippen LogP contribution in [0.5, 0.6) is 0 Å². The van der Waals surface area contributed by atoms with Crippen molar-refractivity contribution >= 4 is 23.2 Å². The van der Waals surface area contributed by atoms with Crippen LogP contribution in [-0.2, 0) is 16.1 Å². The van der Waals surface area contributed by atoms with Gasteiger partial charge in [-0.3, -0.25) is 15.2 Å². The van der Waals surface area contributed by atoms with E-state index in [1.807, 2.05) is 0 Å². The highest BCUT2D eigenvalue weighted by Gasteiger charge is 2.35. The number of alkyl halides is 3. The summed E-state index contributed by atoms with van der Waals surface area (Å²) in [6, 6.07) is 3.01. The second-order valence-electron chi connectivity index (χ2n) is 6.54. The predicted molar refractivity (Wildman–Crippen MR) is 98.9 cm³/mol. The van der Waals surface area contributed by atoms with Gasteiger partial charge in [-0.2, -0.15) is 13.2 Å². The highest BCUT2D eigenvalue weighted by molar-refractivity contribution is 6.31. The van der Waals surface area contributed by atoms with Gasteiger partial charge in [-0.1, -0.05) is 11.6 Å². The first kappa shape index (κ1) is 22.2. The van der Waals surface area contributed by atoms with Crippen LogP contribution in [-0.4, -0.2) is 46.9 Å². The van der Waals surface area contributed by atoms with Gasteiger partial charge in [-0.05, 0) is 43.9 Å². The zero-order chi connectivity index (χ0) is 20.9. The Morgan fingerprint density at radius 1 is 1.43 bits per heavy atom. The van der Waals surface area contributed by atoms with Gasteiger partial charge < -0.3 is 15.4 Å². The third-order valence-corrected chi connectivity index (χ3v) is 5.03. The molecule has 1 amide bonds. The van der Waals surface area contributed by atoms with E-state index in [0.717, 1.165) is 0 Å². The Morgan fingerprint density at radius 3 is 2.61 bits per heavy atom. The second kappa shape index (κ2) is 9.38. The summed E-state index contributed by atoms with van der Waals surface area (Å²) in [6.07, 6.45) is -0.293. The van der Waals surface area contributed by atoms with Gasteiger partial charge in [-0.15, -0.1) is 0 Å². The highest BCUT2D eigenvalue weighted by atomic mass is 35.5. The molecule has 28 heavy (non-hydrogen) atoms. The number of hydrogen-bond donors (Lipinski definition) is 2. The summed E-state index contributed by atoms with van der Waals surface area (Å²) in [4.78, 5) is 18.4. The zero-order valence-corrected chi connectivity index (χ0v) is 16.1. The standard InChI is InChI=1S/C18H22ClF3N4O2/c1-28-12-6-4-11(5-7-12)26(10-15-13(19)3-2-8-25-15)17(27)14(23)9-16(24)18(20,21)22/h2-3,8-9,11-12,24H,4-7,10,23H2,1H3/b14-9-,24-16?/t11-,12-. The normalized spacial score (nSPS) is 20.7. The van der Waals surface area contributed by atoms with Crippen LogP contribution >= 0.6 is 11.6 Å². The molecular weight excluding hydrogens is 397 g/mol. The molecule has 0 atom stereocenters. The Kier molecular flexibility index (Phi) is 7.42. The number of halogens is 4. The van der Waals surface area contributed by atoms with E-state index in [-0.39, 0.29) is 18.7 Å². The molecule has 1 fully saturated rings.